The van der Waals surface area contributed by atoms with E-state index in [1.807, 2.05) is 24.3 Å². The van der Waals surface area contributed by atoms with Crippen LogP contribution in [0.5, 0.6) is 0 Å². The predicted molar refractivity (Wildman–Crippen MR) is 64.1 cm³/mol. The molecule has 0 atom stereocenters. The van der Waals surface area contributed by atoms with Crippen molar-refractivity contribution in [2.24, 2.45) is 0 Å². The summed E-state index contributed by atoms with van der Waals surface area (Å²) < 4.78 is 0. The number of benzene rings is 1. The van der Waals surface area contributed by atoms with Crippen molar-refractivity contribution in [3.05, 3.63) is 29.8 Å². The van der Waals surface area contributed by atoms with Crippen LogP contribution in [0.4, 0.5) is 10.5 Å². The smallest absolute Gasteiger partial charge is 0.323 e. The number of hydrogen-bond acceptors (Lipinski definition) is 1. The average molecular weight is 214 g/mol. The van der Waals surface area contributed by atoms with Crippen molar-refractivity contribution in [3.8, 4) is 12.3 Å². The van der Waals surface area contributed by atoms with Gasteiger partial charge in [0.05, 0.1) is 5.69 Å². The van der Waals surface area contributed by atoms with Gasteiger partial charge < -0.3 is 4.90 Å². The van der Waals surface area contributed by atoms with E-state index in [9.17, 15) is 4.79 Å². The maximum absolute atomic E-state index is 12.0. The van der Waals surface area contributed by atoms with E-state index in [-0.39, 0.29) is 6.03 Å². The number of fused-ring (bicyclic) bond motifs is 1. The fourth-order valence-electron chi connectivity index (χ4n) is 1.93. The van der Waals surface area contributed by atoms with E-state index in [0.29, 0.717) is 19.5 Å². The third-order valence-electron chi connectivity index (χ3n) is 2.73. The minimum Gasteiger partial charge on any atom is -0.323 e. The first-order chi connectivity index (χ1) is 7.74. The maximum atomic E-state index is 12.0. The molecule has 0 N–H and O–H groups in total. The van der Waals surface area contributed by atoms with E-state index in [0.717, 1.165) is 5.69 Å². The van der Waals surface area contributed by atoms with Gasteiger partial charge in [-0.3, -0.25) is 4.90 Å². The summed E-state index contributed by atoms with van der Waals surface area (Å²) in [6, 6.07) is 7.97. The van der Waals surface area contributed by atoms with Crippen molar-refractivity contribution in [3.63, 3.8) is 0 Å². The van der Waals surface area contributed by atoms with Crippen LogP contribution in [0.25, 0.3) is 0 Å². The number of rotatable bonds is 2. The molecule has 0 bridgehead atoms. The number of hydrogen-bond donors (Lipinski definition) is 0. The number of terminal acetylenes is 1. The van der Waals surface area contributed by atoms with Crippen molar-refractivity contribution < 1.29 is 4.79 Å². The fourth-order valence-corrected chi connectivity index (χ4v) is 1.93. The molecule has 2 rings (SSSR count). The SMILES string of the molecule is C#CCCN1C(=O)N(C)Cc2ccccc21. The minimum absolute atomic E-state index is 0.0222. The van der Waals surface area contributed by atoms with Crippen molar-refractivity contribution in [2.45, 2.75) is 13.0 Å². The Hall–Kier alpha value is -1.95. The third-order valence-corrected chi connectivity index (χ3v) is 2.73. The van der Waals surface area contributed by atoms with E-state index in [4.69, 9.17) is 6.42 Å². The summed E-state index contributed by atoms with van der Waals surface area (Å²) in [5.41, 5.74) is 2.16. The number of carbonyl (C=O) groups excluding carboxylic acids is 1. The molecule has 0 aliphatic carbocycles. The maximum Gasteiger partial charge on any atom is 0.324 e. The molecule has 1 aliphatic rings. The second kappa shape index (κ2) is 4.28. The van der Waals surface area contributed by atoms with Crippen LogP contribution >= 0.6 is 0 Å². The van der Waals surface area contributed by atoms with Gasteiger partial charge in [0.25, 0.3) is 0 Å². The van der Waals surface area contributed by atoms with Crippen molar-refractivity contribution >= 4 is 11.7 Å². The molecule has 1 aliphatic heterocycles. The number of nitrogens with zero attached hydrogens (tertiary/aromatic N) is 2. The Labute approximate surface area is 95.7 Å². The van der Waals surface area contributed by atoms with Gasteiger partial charge in [0.15, 0.2) is 0 Å². The number of amides is 2. The molecule has 1 aromatic rings. The Morgan fingerprint density at radius 3 is 2.94 bits per heavy atom. The second-order valence-corrected chi connectivity index (χ2v) is 3.87. The molecule has 3 nitrogen and oxygen atoms in total. The lowest BCUT2D eigenvalue weighted by molar-refractivity contribution is 0.210. The molecule has 0 saturated carbocycles. The Morgan fingerprint density at radius 1 is 1.44 bits per heavy atom. The highest BCUT2D eigenvalue weighted by atomic mass is 16.2. The summed E-state index contributed by atoms with van der Waals surface area (Å²) in [4.78, 5) is 15.4. The molecule has 3 heteroatoms. The highest BCUT2D eigenvalue weighted by molar-refractivity contribution is 5.94. The molecule has 1 aromatic carbocycles. The third kappa shape index (κ3) is 1.74. The van der Waals surface area contributed by atoms with Crippen molar-refractivity contribution in [1.82, 2.24) is 4.90 Å². The highest BCUT2D eigenvalue weighted by Gasteiger charge is 2.26. The van der Waals surface area contributed by atoms with Crippen LogP contribution in [0.1, 0.15) is 12.0 Å². The molecule has 0 saturated heterocycles. The van der Waals surface area contributed by atoms with E-state index in [1.165, 1.54) is 5.56 Å². The summed E-state index contributed by atoms with van der Waals surface area (Å²) in [5, 5.41) is 0. The van der Waals surface area contributed by atoms with Crippen LogP contribution in [-0.2, 0) is 6.54 Å². The van der Waals surface area contributed by atoms with Crippen molar-refractivity contribution in [2.75, 3.05) is 18.5 Å². The van der Waals surface area contributed by atoms with Gasteiger partial charge in [-0.2, -0.15) is 0 Å². The van der Waals surface area contributed by atoms with Gasteiger partial charge in [-0.15, -0.1) is 12.3 Å². The number of para-hydroxylation sites is 1. The van der Waals surface area contributed by atoms with Gasteiger partial charge in [-0.05, 0) is 11.6 Å². The molecule has 16 heavy (non-hydrogen) atoms. The second-order valence-electron chi connectivity index (χ2n) is 3.87. The van der Waals surface area contributed by atoms with Gasteiger partial charge in [-0.1, -0.05) is 18.2 Å². The Kier molecular flexibility index (Phi) is 2.82. The standard InChI is InChI=1S/C13H14N2O/c1-3-4-9-15-12-8-6-5-7-11(12)10-14(2)13(15)16/h1,5-8H,4,9-10H2,2H3. The lowest BCUT2D eigenvalue weighted by Crippen LogP contribution is -2.45. The summed E-state index contributed by atoms with van der Waals surface area (Å²) >= 11 is 0. The zero-order valence-corrected chi connectivity index (χ0v) is 9.31. The van der Waals surface area contributed by atoms with Gasteiger partial charge >= 0.3 is 6.03 Å². The van der Waals surface area contributed by atoms with Crippen LogP contribution in [0.2, 0.25) is 0 Å². The number of carbonyl (C=O) groups is 1. The first-order valence-electron chi connectivity index (χ1n) is 5.28. The van der Waals surface area contributed by atoms with Crippen LogP contribution in [-0.4, -0.2) is 24.5 Å². The zero-order valence-electron chi connectivity index (χ0n) is 9.31. The number of anilines is 1. The molecule has 0 unspecified atom stereocenters. The summed E-state index contributed by atoms with van der Waals surface area (Å²) in [7, 11) is 1.81. The van der Waals surface area contributed by atoms with Crippen LogP contribution in [0, 0.1) is 12.3 Å². The van der Waals surface area contributed by atoms with E-state index in [2.05, 4.69) is 5.92 Å². The Balaban J connectivity index is 2.35. The summed E-state index contributed by atoms with van der Waals surface area (Å²) in [6.45, 7) is 1.25. The molecule has 0 aromatic heterocycles. The molecule has 82 valence electrons. The number of urea groups is 1. The molecular weight excluding hydrogens is 200 g/mol. The minimum atomic E-state index is 0.0222. The predicted octanol–water partition coefficient (Wildman–Crippen LogP) is 2.08. The van der Waals surface area contributed by atoms with E-state index < -0.39 is 0 Å². The van der Waals surface area contributed by atoms with E-state index in [1.54, 1.807) is 16.8 Å². The molecular formula is C13H14N2O. The van der Waals surface area contributed by atoms with Crippen LogP contribution in [0.15, 0.2) is 24.3 Å². The van der Waals surface area contributed by atoms with Gasteiger partial charge in [0.2, 0.25) is 0 Å². The first kappa shape index (κ1) is 10.6. The monoisotopic (exact) mass is 214 g/mol. The summed E-state index contributed by atoms with van der Waals surface area (Å²) in [6.07, 6.45) is 5.82. The fraction of sp³-hybridized carbons (Fsp3) is 0.308. The van der Waals surface area contributed by atoms with Crippen LogP contribution < -0.4 is 4.90 Å². The Bertz CT molecular complexity index is 447. The largest absolute Gasteiger partial charge is 0.324 e. The normalized spacial score (nSPS) is 14.6. The highest BCUT2D eigenvalue weighted by Crippen LogP contribution is 2.27. The molecule has 0 radical (unpaired) electrons. The Morgan fingerprint density at radius 2 is 2.19 bits per heavy atom. The zero-order chi connectivity index (χ0) is 11.5. The lowest BCUT2D eigenvalue weighted by Gasteiger charge is -2.34. The quantitative estimate of drug-likeness (QED) is 0.691. The molecule has 1 heterocycles. The molecule has 2 amide bonds. The lowest BCUT2D eigenvalue weighted by atomic mass is 10.1. The first-order valence-corrected chi connectivity index (χ1v) is 5.28. The van der Waals surface area contributed by atoms with E-state index >= 15 is 0 Å². The van der Waals surface area contributed by atoms with Gasteiger partial charge in [0.1, 0.15) is 0 Å². The average Bonchev–Trinajstić information content (AvgIpc) is 2.30. The van der Waals surface area contributed by atoms with Gasteiger partial charge in [0, 0.05) is 26.6 Å². The molecule has 0 fully saturated rings. The van der Waals surface area contributed by atoms with Crippen LogP contribution in [0.3, 0.4) is 0 Å². The summed E-state index contributed by atoms with van der Waals surface area (Å²) in [5.74, 6) is 2.57. The van der Waals surface area contributed by atoms with Crippen molar-refractivity contribution in [1.29, 1.82) is 0 Å². The topological polar surface area (TPSA) is 23.6 Å². The van der Waals surface area contributed by atoms with Gasteiger partial charge in [-0.25, -0.2) is 4.79 Å². The molecule has 0 spiro atoms.